The van der Waals surface area contributed by atoms with Gasteiger partial charge in [0.05, 0.1) is 19.3 Å². The first-order chi connectivity index (χ1) is 15.5. The third-order valence-corrected chi connectivity index (χ3v) is 6.05. The van der Waals surface area contributed by atoms with Crippen LogP contribution in [0.4, 0.5) is 0 Å². The van der Waals surface area contributed by atoms with Gasteiger partial charge in [0.15, 0.2) is 18.9 Å². The molecule has 0 aromatic carbocycles. The van der Waals surface area contributed by atoms with Crippen LogP contribution in [0.3, 0.4) is 0 Å². The third-order valence-electron chi connectivity index (χ3n) is 6.05. The summed E-state index contributed by atoms with van der Waals surface area (Å²) >= 11 is 0. The minimum Gasteiger partial charge on any atom is -0.394 e. The number of rotatable bonds is 6. The maximum absolute atomic E-state index is 10.5. The van der Waals surface area contributed by atoms with E-state index in [1.165, 1.54) is 6.92 Å². The van der Waals surface area contributed by atoms with Gasteiger partial charge >= 0.3 is 0 Å². The average Bonchev–Trinajstić information content (AvgIpc) is 2.80. The summed E-state index contributed by atoms with van der Waals surface area (Å²) in [4.78, 5) is 0. The number of aliphatic hydroxyl groups is 10. The first kappa shape index (κ1) is 27.0. The van der Waals surface area contributed by atoms with E-state index >= 15 is 0 Å². The van der Waals surface area contributed by atoms with Crippen molar-refractivity contribution in [2.75, 3.05) is 13.2 Å². The second-order valence-corrected chi connectivity index (χ2v) is 8.32. The van der Waals surface area contributed by atoms with E-state index in [2.05, 4.69) is 0 Å². The van der Waals surface area contributed by atoms with Gasteiger partial charge in [-0.3, -0.25) is 0 Å². The Labute approximate surface area is 187 Å². The number of hydrogen-bond acceptors (Lipinski definition) is 15. The molecule has 3 heterocycles. The van der Waals surface area contributed by atoms with Crippen LogP contribution in [0.2, 0.25) is 0 Å². The normalized spacial score (nSPS) is 53.7. The van der Waals surface area contributed by atoms with Gasteiger partial charge in [-0.2, -0.15) is 0 Å². The van der Waals surface area contributed by atoms with Crippen LogP contribution >= 0.6 is 0 Å². The lowest BCUT2D eigenvalue weighted by atomic mass is 9.96. The molecule has 0 radical (unpaired) electrons. The standard InChI is InChI=1S/C18H32O15/c1-4-7(21)9(23)11(25)17(29-4)32-14-6(3-20)30-16(28)13(27)15(14)33-18-12(26)10(24)8(22)5(2-19)31-18/h4-28H,2-3H2,1H3/t4-,5+,6+,7+,8+,9+,10-,11-,12+,13+,14-,15+,16-,17-,18+/m0/s1. The molecular weight excluding hydrogens is 456 g/mol. The smallest absolute Gasteiger partial charge is 0.187 e. The molecule has 15 nitrogen and oxygen atoms in total. The Morgan fingerprint density at radius 2 is 1.06 bits per heavy atom. The molecule has 3 rings (SSSR count). The molecule has 0 spiro atoms. The van der Waals surface area contributed by atoms with E-state index in [0.717, 1.165) is 0 Å². The maximum Gasteiger partial charge on any atom is 0.187 e. The summed E-state index contributed by atoms with van der Waals surface area (Å²) in [6, 6.07) is 0. The SMILES string of the molecule is C[C@@H]1O[C@@H](O[C@@H]2[C@H](O[C@H]3O[C@H](CO)[C@@H](O)[C@H](O)[C@H]3O)[C@@H](O)[C@@H](O)O[C@@H]2CO)[C@@H](O)[C@H](O)[C@@H]1O. The quantitative estimate of drug-likeness (QED) is 0.167. The van der Waals surface area contributed by atoms with Gasteiger partial charge in [0.25, 0.3) is 0 Å². The fraction of sp³-hybridized carbons (Fsp3) is 1.00. The molecule has 3 fully saturated rings. The predicted molar refractivity (Wildman–Crippen MR) is 99.8 cm³/mol. The molecule has 33 heavy (non-hydrogen) atoms. The van der Waals surface area contributed by atoms with E-state index in [-0.39, 0.29) is 0 Å². The van der Waals surface area contributed by atoms with Crippen LogP contribution in [0.1, 0.15) is 6.92 Å². The molecule has 15 heteroatoms. The molecule has 10 N–H and O–H groups in total. The highest BCUT2D eigenvalue weighted by Gasteiger charge is 2.53. The van der Waals surface area contributed by atoms with E-state index in [9.17, 15) is 51.1 Å². The van der Waals surface area contributed by atoms with E-state index in [1.807, 2.05) is 0 Å². The van der Waals surface area contributed by atoms with Crippen LogP contribution in [0.25, 0.3) is 0 Å². The maximum atomic E-state index is 10.5. The molecule has 0 unspecified atom stereocenters. The topological polar surface area (TPSA) is 248 Å². The Morgan fingerprint density at radius 1 is 0.545 bits per heavy atom. The summed E-state index contributed by atoms with van der Waals surface area (Å²) in [5, 5.41) is 99.8. The fourth-order valence-electron chi connectivity index (χ4n) is 3.99. The van der Waals surface area contributed by atoms with Crippen molar-refractivity contribution in [2.24, 2.45) is 0 Å². The average molecular weight is 488 g/mol. The van der Waals surface area contributed by atoms with Crippen molar-refractivity contribution in [3.63, 3.8) is 0 Å². The summed E-state index contributed by atoms with van der Waals surface area (Å²) in [6.07, 6.45) is -24.1. The van der Waals surface area contributed by atoms with Gasteiger partial charge in [0.2, 0.25) is 0 Å². The monoisotopic (exact) mass is 488 g/mol. The van der Waals surface area contributed by atoms with Crippen LogP contribution in [0.5, 0.6) is 0 Å². The highest BCUT2D eigenvalue weighted by molar-refractivity contribution is 4.96. The zero-order valence-electron chi connectivity index (χ0n) is 17.6. The summed E-state index contributed by atoms with van der Waals surface area (Å²) in [6.45, 7) is -0.118. The summed E-state index contributed by atoms with van der Waals surface area (Å²) in [7, 11) is 0. The lowest BCUT2D eigenvalue weighted by molar-refractivity contribution is -0.382. The van der Waals surface area contributed by atoms with E-state index < -0.39 is 105 Å². The zero-order chi connectivity index (χ0) is 24.6. The Hall–Kier alpha value is -0.600. The van der Waals surface area contributed by atoms with Crippen molar-refractivity contribution in [1.82, 2.24) is 0 Å². The Balaban J connectivity index is 1.83. The molecule has 0 aromatic rings. The largest absolute Gasteiger partial charge is 0.394 e. The molecule has 0 amide bonds. The molecule has 3 saturated heterocycles. The lowest BCUT2D eigenvalue weighted by Crippen LogP contribution is -2.66. The molecule has 0 aliphatic carbocycles. The minimum absolute atomic E-state index is 0.747. The van der Waals surface area contributed by atoms with Gasteiger partial charge in [0, 0.05) is 0 Å². The number of aliphatic hydroxyl groups excluding tert-OH is 10. The summed E-state index contributed by atoms with van der Waals surface area (Å²) in [5.41, 5.74) is 0. The van der Waals surface area contributed by atoms with Gasteiger partial charge in [-0.05, 0) is 6.92 Å². The second kappa shape index (κ2) is 11.0. The molecule has 0 saturated carbocycles. The third kappa shape index (κ3) is 5.32. The fourth-order valence-corrected chi connectivity index (χ4v) is 3.99. The van der Waals surface area contributed by atoms with E-state index in [1.54, 1.807) is 0 Å². The number of hydrogen-bond donors (Lipinski definition) is 10. The van der Waals surface area contributed by atoms with Crippen LogP contribution in [-0.2, 0) is 23.7 Å². The molecule has 0 bridgehead atoms. The molecule has 3 aliphatic rings. The van der Waals surface area contributed by atoms with Gasteiger partial charge in [0.1, 0.15) is 67.1 Å². The minimum atomic E-state index is -1.89. The van der Waals surface area contributed by atoms with Crippen molar-refractivity contribution in [1.29, 1.82) is 0 Å². The highest BCUT2D eigenvalue weighted by atomic mass is 16.8. The van der Waals surface area contributed by atoms with Gasteiger partial charge in [-0.25, -0.2) is 0 Å². The molecular formula is C18H32O15. The van der Waals surface area contributed by atoms with Crippen LogP contribution in [0.15, 0.2) is 0 Å². The molecule has 194 valence electrons. The summed E-state index contributed by atoms with van der Waals surface area (Å²) in [5.74, 6) is 0. The predicted octanol–water partition coefficient (Wildman–Crippen LogP) is -6.55. The number of ether oxygens (including phenoxy) is 5. The van der Waals surface area contributed by atoms with Gasteiger partial charge in [-0.15, -0.1) is 0 Å². The Kier molecular flexibility index (Phi) is 8.99. The lowest BCUT2D eigenvalue weighted by Gasteiger charge is -2.48. The van der Waals surface area contributed by atoms with Crippen molar-refractivity contribution in [3.05, 3.63) is 0 Å². The second-order valence-electron chi connectivity index (χ2n) is 8.32. The van der Waals surface area contributed by atoms with Crippen molar-refractivity contribution in [3.8, 4) is 0 Å². The van der Waals surface area contributed by atoms with Crippen molar-refractivity contribution in [2.45, 2.75) is 99.0 Å². The Bertz CT molecular complexity index is 624. The van der Waals surface area contributed by atoms with Gasteiger partial charge in [-0.1, -0.05) is 0 Å². The van der Waals surface area contributed by atoms with Crippen molar-refractivity contribution < 1.29 is 74.7 Å². The first-order valence-corrected chi connectivity index (χ1v) is 10.4. The summed E-state index contributed by atoms with van der Waals surface area (Å²) < 4.78 is 26.9. The van der Waals surface area contributed by atoms with E-state index in [4.69, 9.17) is 23.7 Å². The molecule has 3 aliphatic heterocycles. The van der Waals surface area contributed by atoms with E-state index in [0.29, 0.717) is 0 Å². The van der Waals surface area contributed by atoms with Crippen LogP contribution in [0, 0.1) is 0 Å². The van der Waals surface area contributed by atoms with Gasteiger partial charge < -0.3 is 74.7 Å². The van der Waals surface area contributed by atoms with Crippen LogP contribution < -0.4 is 0 Å². The molecule has 15 atom stereocenters. The van der Waals surface area contributed by atoms with Crippen molar-refractivity contribution >= 4 is 0 Å². The highest BCUT2D eigenvalue weighted by Crippen LogP contribution is 2.32. The zero-order valence-corrected chi connectivity index (χ0v) is 17.6. The molecule has 0 aromatic heterocycles. The Morgan fingerprint density at radius 3 is 1.64 bits per heavy atom. The van der Waals surface area contributed by atoms with Crippen LogP contribution in [-0.4, -0.2) is 156 Å². The first-order valence-electron chi connectivity index (χ1n) is 10.4.